The molecule has 8 heteroatoms. The quantitative estimate of drug-likeness (QED) is 0.793. The molecular formula is C18H17N3O4S. The molecule has 7 nitrogen and oxygen atoms in total. The van der Waals surface area contributed by atoms with Gasteiger partial charge in [-0.25, -0.2) is 0 Å². The number of carbonyl (C=O) groups excluding carboxylic acids is 3. The third-order valence-electron chi connectivity index (χ3n) is 4.97. The predicted octanol–water partition coefficient (Wildman–Crippen LogP) is 1.10. The van der Waals surface area contributed by atoms with Gasteiger partial charge in [0.25, 0.3) is 0 Å². The smallest absolute Gasteiger partial charge is 0.329 e. The van der Waals surface area contributed by atoms with Gasteiger partial charge in [0, 0.05) is 12.1 Å². The number of amides is 1. The Balaban J connectivity index is 2.28. The fourth-order valence-corrected chi connectivity index (χ4v) is 4.61. The van der Waals surface area contributed by atoms with Crippen LogP contribution in [0.4, 0.5) is 0 Å². The number of fused-ring (bicyclic) bond motifs is 1. The summed E-state index contributed by atoms with van der Waals surface area (Å²) < 4.78 is 4.97. The van der Waals surface area contributed by atoms with Gasteiger partial charge in [-0.2, -0.15) is 16.6 Å². The number of ketones is 1. The van der Waals surface area contributed by atoms with Gasteiger partial charge >= 0.3 is 5.97 Å². The van der Waals surface area contributed by atoms with Crippen LogP contribution in [-0.2, 0) is 19.1 Å². The summed E-state index contributed by atoms with van der Waals surface area (Å²) in [4.78, 5) is 38.5. The second kappa shape index (κ2) is 6.42. The van der Waals surface area contributed by atoms with Crippen LogP contribution in [0, 0.1) is 16.7 Å². The SMILES string of the molecule is COC(=O)[C@]1(C#N)[C@@H]2C=CC(C(N)=O)=CN2[C@@H](C(C)=O)[C@@H]1c1ccsc1. The standard InChI is InChI=1S/C18H17N3O4S/c1-10(22)15-14(12-5-6-26-8-12)18(9-19,17(24)25-2)13-4-3-11(16(20)23)7-21(13)15/h3-8,13-15H,1-2H3,(H2,20,23)/t13-,14-,15-,18+/m0/s1. The van der Waals surface area contributed by atoms with Crippen LogP contribution < -0.4 is 5.73 Å². The fraction of sp³-hybridized carbons (Fsp3) is 0.333. The Morgan fingerprint density at radius 1 is 1.42 bits per heavy atom. The Kier molecular flexibility index (Phi) is 4.42. The second-order valence-electron chi connectivity index (χ2n) is 6.26. The number of carbonyl (C=O) groups is 3. The number of rotatable bonds is 4. The molecule has 134 valence electrons. The van der Waals surface area contributed by atoms with Crippen molar-refractivity contribution in [3.05, 3.63) is 46.3 Å². The highest BCUT2D eigenvalue weighted by Gasteiger charge is 2.66. The first-order chi connectivity index (χ1) is 12.4. The Morgan fingerprint density at radius 2 is 2.15 bits per heavy atom. The summed E-state index contributed by atoms with van der Waals surface area (Å²) in [5.41, 5.74) is 4.65. The van der Waals surface area contributed by atoms with E-state index in [1.165, 1.54) is 37.6 Å². The molecule has 26 heavy (non-hydrogen) atoms. The summed E-state index contributed by atoms with van der Waals surface area (Å²) in [7, 11) is 1.22. The Morgan fingerprint density at radius 3 is 2.65 bits per heavy atom. The minimum Gasteiger partial charge on any atom is -0.468 e. The van der Waals surface area contributed by atoms with E-state index in [-0.39, 0.29) is 11.4 Å². The average Bonchev–Trinajstić information content (AvgIpc) is 3.24. The number of ether oxygens (including phenoxy) is 1. The van der Waals surface area contributed by atoms with Gasteiger partial charge < -0.3 is 15.4 Å². The number of esters is 1. The van der Waals surface area contributed by atoms with E-state index < -0.39 is 35.3 Å². The molecule has 2 N–H and O–H groups in total. The maximum absolute atomic E-state index is 12.8. The molecule has 1 amide bonds. The van der Waals surface area contributed by atoms with E-state index in [4.69, 9.17) is 10.5 Å². The van der Waals surface area contributed by atoms with Crippen molar-refractivity contribution in [1.82, 2.24) is 4.90 Å². The molecule has 2 aliphatic heterocycles. The highest BCUT2D eigenvalue weighted by molar-refractivity contribution is 7.08. The lowest BCUT2D eigenvalue weighted by molar-refractivity contribution is -0.150. The molecular weight excluding hydrogens is 354 g/mol. The number of primary amides is 1. The van der Waals surface area contributed by atoms with E-state index >= 15 is 0 Å². The topological polar surface area (TPSA) is 113 Å². The monoisotopic (exact) mass is 371 g/mol. The minimum absolute atomic E-state index is 0.204. The third kappa shape index (κ3) is 2.35. The highest BCUT2D eigenvalue weighted by Crippen LogP contribution is 2.54. The van der Waals surface area contributed by atoms with E-state index in [0.717, 1.165) is 0 Å². The Labute approximate surface area is 154 Å². The molecule has 1 saturated heterocycles. The summed E-state index contributed by atoms with van der Waals surface area (Å²) in [6, 6.07) is 2.38. The van der Waals surface area contributed by atoms with Crippen molar-refractivity contribution in [2.45, 2.75) is 24.9 Å². The molecule has 0 spiro atoms. The van der Waals surface area contributed by atoms with Gasteiger partial charge in [0.2, 0.25) is 5.91 Å². The molecule has 3 rings (SSSR count). The first-order valence-corrected chi connectivity index (χ1v) is 8.82. The maximum Gasteiger partial charge on any atom is 0.329 e. The van der Waals surface area contributed by atoms with Crippen molar-refractivity contribution < 1.29 is 19.1 Å². The van der Waals surface area contributed by atoms with Crippen molar-refractivity contribution in [2.75, 3.05) is 7.11 Å². The largest absolute Gasteiger partial charge is 0.468 e. The Bertz CT molecular complexity index is 867. The number of nitrogens with zero attached hydrogens (tertiary/aromatic N) is 2. The van der Waals surface area contributed by atoms with Crippen LogP contribution in [0.15, 0.2) is 40.8 Å². The van der Waals surface area contributed by atoms with Gasteiger partial charge in [0.1, 0.15) is 0 Å². The number of thiophene rings is 1. The average molecular weight is 371 g/mol. The molecule has 0 aliphatic carbocycles. The first kappa shape index (κ1) is 17.9. The van der Waals surface area contributed by atoms with E-state index in [1.54, 1.807) is 17.0 Å². The first-order valence-electron chi connectivity index (χ1n) is 7.88. The molecule has 1 fully saturated rings. The van der Waals surface area contributed by atoms with Crippen molar-refractivity contribution in [1.29, 1.82) is 5.26 Å². The van der Waals surface area contributed by atoms with E-state index in [9.17, 15) is 19.6 Å². The number of nitriles is 1. The molecule has 0 saturated carbocycles. The van der Waals surface area contributed by atoms with Gasteiger partial charge in [-0.05, 0) is 35.4 Å². The van der Waals surface area contributed by atoms with Crippen LogP contribution in [0.2, 0.25) is 0 Å². The van der Waals surface area contributed by atoms with Gasteiger partial charge in [-0.15, -0.1) is 0 Å². The van der Waals surface area contributed by atoms with Gasteiger partial charge in [0.05, 0.1) is 30.8 Å². The van der Waals surface area contributed by atoms with Crippen LogP contribution in [0.1, 0.15) is 18.4 Å². The maximum atomic E-state index is 12.8. The number of Topliss-reactive ketones (excluding diaryl/α,β-unsaturated/α-hetero) is 1. The van der Waals surface area contributed by atoms with E-state index in [0.29, 0.717) is 5.56 Å². The molecule has 4 atom stereocenters. The van der Waals surface area contributed by atoms with Crippen molar-refractivity contribution in [3.8, 4) is 6.07 Å². The van der Waals surface area contributed by atoms with Crippen LogP contribution in [0.3, 0.4) is 0 Å². The van der Waals surface area contributed by atoms with Crippen LogP contribution >= 0.6 is 11.3 Å². The normalized spacial score (nSPS) is 29.5. The van der Waals surface area contributed by atoms with Crippen molar-refractivity contribution in [2.24, 2.45) is 11.1 Å². The molecule has 3 heterocycles. The number of nitrogens with two attached hydrogens (primary N) is 1. The second-order valence-corrected chi connectivity index (χ2v) is 7.04. The number of methoxy groups -OCH3 is 1. The van der Waals surface area contributed by atoms with Crippen molar-refractivity contribution in [3.63, 3.8) is 0 Å². The summed E-state index contributed by atoms with van der Waals surface area (Å²) in [5, 5.41) is 13.7. The highest BCUT2D eigenvalue weighted by atomic mass is 32.1. The molecule has 1 aromatic heterocycles. The molecule has 2 aliphatic rings. The zero-order chi connectivity index (χ0) is 19.1. The lowest BCUT2D eigenvalue weighted by atomic mass is 9.69. The Hall–Kier alpha value is -2.92. The van der Waals surface area contributed by atoms with Crippen LogP contribution in [0.25, 0.3) is 0 Å². The predicted molar refractivity (Wildman–Crippen MR) is 93.6 cm³/mol. The van der Waals surface area contributed by atoms with Gasteiger partial charge in [-0.1, -0.05) is 6.08 Å². The third-order valence-corrected chi connectivity index (χ3v) is 5.67. The van der Waals surface area contributed by atoms with Crippen LogP contribution in [-0.4, -0.2) is 41.8 Å². The zero-order valence-electron chi connectivity index (χ0n) is 14.2. The molecule has 0 bridgehead atoms. The fourth-order valence-electron chi connectivity index (χ4n) is 3.91. The summed E-state index contributed by atoms with van der Waals surface area (Å²) >= 11 is 1.41. The number of hydrogen-bond acceptors (Lipinski definition) is 7. The van der Waals surface area contributed by atoms with Gasteiger partial charge in [-0.3, -0.25) is 14.4 Å². The lowest BCUT2D eigenvalue weighted by Crippen LogP contribution is -2.45. The van der Waals surface area contributed by atoms with E-state index in [1.807, 2.05) is 10.8 Å². The van der Waals surface area contributed by atoms with Crippen molar-refractivity contribution >= 4 is 29.0 Å². The van der Waals surface area contributed by atoms with Crippen LogP contribution in [0.5, 0.6) is 0 Å². The summed E-state index contributed by atoms with van der Waals surface area (Å²) in [6.07, 6.45) is 4.51. The molecule has 1 aromatic rings. The van der Waals surface area contributed by atoms with Gasteiger partial charge in [0.15, 0.2) is 11.2 Å². The number of hydrogen-bond donors (Lipinski definition) is 1. The summed E-state index contributed by atoms with van der Waals surface area (Å²) in [6.45, 7) is 1.40. The summed E-state index contributed by atoms with van der Waals surface area (Å²) in [5.74, 6) is -2.32. The van der Waals surface area contributed by atoms with E-state index in [2.05, 4.69) is 6.07 Å². The molecule has 0 aromatic carbocycles. The molecule has 0 unspecified atom stereocenters. The lowest BCUT2D eigenvalue weighted by Gasteiger charge is -2.32. The zero-order valence-corrected chi connectivity index (χ0v) is 15.0. The molecule has 0 radical (unpaired) electrons. The minimum atomic E-state index is -1.62.